The number of hydrogen-bond donors (Lipinski definition) is 0. The first-order valence-electron chi connectivity index (χ1n) is 22.3. The van der Waals surface area contributed by atoms with Gasteiger partial charge < -0.3 is 9.80 Å². The molecule has 0 saturated carbocycles. The summed E-state index contributed by atoms with van der Waals surface area (Å²) in [7, 11) is 0. The van der Waals surface area contributed by atoms with Crippen LogP contribution in [0, 0.1) is 5.92 Å². The van der Waals surface area contributed by atoms with Crippen LogP contribution in [0.2, 0.25) is 0 Å². The van der Waals surface area contributed by atoms with Crippen LogP contribution in [0.5, 0.6) is 0 Å². The van der Waals surface area contributed by atoms with E-state index in [1.165, 1.54) is 33.4 Å². The van der Waals surface area contributed by atoms with Crippen molar-refractivity contribution in [3.63, 3.8) is 0 Å². The molecule has 0 aliphatic heterocycles. The summed E-state index contributed by atoms with van der Waals surface area (Å²) in [5.41, 5.74) is 17.8. The summed E-state index contributed by atoms with van der Waals surface area (Å²) in [5, 5.41) is 0. The van der Waals surface area contributed by atoms with Gasteiger partial charge in [-0.25, -0.2) is 0 Å². The number of fused-ring (bicyclic) bond motifs is 3. The second-order valence-electron chi connectivity index (χ2n) is 16.8. The zero-order valence-corrected chi connectivity index (χ0v) is 37.6. The number of rotatable bonds is 17. The number of nitrogens with zero attached hydrogens (tertiary/aromatic N) is 2. The van der Waals surface area contributed by atoms with E-state index in [0.29, 0.717) is 0 Å². The maximum Gasteiger partial charge on any atom is 0.0468 e. The van der Waals surface area contributed by atoms with E-state index >= 15 is 0 Å². The van der Waals surface area contributed by atoms with E-state index in [4.69, 9.17) is 0 Å². The van der Waals surface area contributed by atoms with Crippen molar-refractivity contribution in [3.8, 4) is 33.4 Å². The minimum absolute atomic E-state index is 0.168. The molecule has 0 fully saturated rings. The zero-order valence-electron chi connectivity index (χ0n) is 37.6. The summed E-state index contributed by atoms with van der Waals surface area (Å²) in [6.45, 7) is 25.4. The number of para-hydroxylation sites is 1. The third kappa shape index (κ3) is 8.98. The Bertz CT molecular complexity index is 2940. The van der Waals surface area contributed by atoms with Crippen molar-refractivity contribution >= 4 is 34.0 Å². The zero-order chi connectivity index (χ0) is 45.3. The van der Waals surface area contributed by atoms with Gasteiger partial charge in [-0.1, -0.05) is 185 Å². The fourth-order valence-electron chi connectivity index (χ4n) is 9.06. The summed E-state index contributed by atoms with van der Waals surface area (Å²) >= 11 is 0. The summed E-state index contributed by atoms with van der Waals surface area (Å²) < 4.78 is 0. The number of allylic oxidation sites excluding steroid dienone is 10. The SMILES string of the molecule is C=C/C=C(\C=C)c1cc(N(/C(C=C)=C/C=C/C(C=C)CC=C)c2ccc3c(c2)C(C)(C)c2ccccc2-3)ccc1-c1ccc(N(c2ccccc2)c2ccc(-c3ccccc3)cc2)cc1. The minimum atomic E-state index is -0.168. The maximum atomic E-state index is 4.35. The molecule has 0 radical (unpaired) electrons. The summed E-state index contributed by atoms with van der Waals surface area (Å²) in [6.07, 6.45) is 18.8. The van der Waals surface area contributed by atoms with Crippen LogP contribution in [-0.2, 0) is 5.41 Å². The molecule has 1 atom stereocenters. The van der Waals surface area contributed by atoms with Gasteiger partial charge in [-0.15, -0.1) is 13.2 Å². The fraction of sp³-hybridized carbons (Fsp3) is 0.0794. The van der Waals surface area contributed by atoms with Crippen molar-refractivity contribution in [2.45, 2.75) is 25.7 Å². The highest BCUT2D eigenvalue weighted by Gasteiger charge is 2.35. The first-order valence-corrected chi connectivity index (χ1v) is 22.3. The molecule has 1 aliphatic carbocycles. The van der Waals surface area contributed by atoms with E-state index < -0.39 is 0 Å². The van der Waals surface area contributed by atoms with E-state index in [1.54, 1.807) is 0 Å². The summed E-state index contributed by atoms with van der Waals surface area (Å²) in [6, 6.07) is 61.0. The fourth-order valence-corrected chi connectivity index (χ4v) is 9.06. The van der Waals surface area contributed by atoms with Crippen LogP contribution in [0.15, 0.2) is 263 Å². The lowest BCUT2D eigenvalue weighted by Crippen LogP contribution is -2.18. The van der Waals surface area contributed by atoms with Gasteiger partial charge >= 0.3 is 0 Å². The van der Waals surface area contributed by atoms with Crippen LogP contribution in [0.1, 0.15) is 37.0 Å². The van der Waals surface area contributed by atoms with Gasteiger partial charge in [0, 0.05) is 39.5 Å². The maximum absolute atomic E-state index is 4.35. The van der Waals surface area contributed by atoms with Crippen molar-refractivity contribution in [2.75, 3.05) is 9.80 Å². The summed E-state index contributed by atoms with van der Waals surface area (Å²) in [4.78, 5) is 4.61. The molecular formula is C63H56N2. The van der Waals surface area contributed by atoms with E-state index in [2.05, 4.69) is 245 Å². The van der Waals surface area contributed by atoms with Crippen molar-refractivity contribution in [3.05, 3.63) is 280 Å². The Morgan fingerprint density at radius 3 is 1.71 bits per heavy atom. The smallest absolute Gasteiger partial charge is 0.0468 e. The van der Waals surface area contributed by atoms with E-state index in [9.17, 15) is 0 Å². The quantitative estimate of drug-likeness (QED) is 0.0666. The number of benzene rings is 7. The molecule has 0 N–H and O–H groups in total. The lowest BCUT2D eigenvalue weighted by Gasteiger charge is -2.29. The Kier molecular flexibility index (Phi) is 13.2. The predicted molar refractivity (Wildman–Crippen MR) is 282 cm³/mol. The van der Waals surface area contributed by atoms with Gasteiger partial charge in [0.25, 0.3) is 0 Å². The third-order valence-corrected chi connectivity index (χ3v) is 12.4. The number of hydrogen-bond acceptors (Lipinski definition) is 2. The molecule has 0 heterocycles. The first-order chi connectivity index (χ1) is 31.8. The topological polar surface area (TPSA) is 6.48 Å². The van der Waals surface area contributed by atoms with Gasteiger partial charge in [-0.05, 0) is 141 Å². The van der Waals surface area contributed by atoms with E-state index in [1.807, 2.05) is 36.5 Å². The molecule has 0 amide bonds. The van der Waals surface area contributed by atoms with Crippen LogP contribution in [0.4, 0.5) is 28.4 Å². The van der Waals surface area contributed by atoms with Crippen LogP contribution < -0.4 is 9.80 Å². The van der Waals surface area contributed by atoms with Crippen LogP contribution in [-0.4, -0.2) is 0 Å². The molecule has 7 aromatic rings. The molecule has 1 unspecified atom stereocenters. The molecule has 0 aromatic heterocycles. The second kappa shape index (κ2) is 19.6. The van der Waals surface area contributed by atoms with Crippen molar-refractivity contribution in [1.82, 2.24) is 0 Å². The predicted octanol–water partition coefficient (Wildman–Crippen LogP) is 17.7. The van der Waals surface area contributed by atoms with Gasteiger partial charge in [0.2, 0.25) is 0 Å². The van der Waals surface area contributed by atoms with E-state index in [-0.39, 0.29) is 11.3 Å². The molecule has 0 bridgehead atoms. The molecule has 0 saturated heterocycles. The second-order valence-corrected chi connectivity index (χ2v) is 16.8. The van der Waals surface area contributed by atoms with Gasteiger partial charge in [0.05, 0.1) is 0 Å². The van der Waals surface area contributed by atoms with Crippen LogP contribution in [0.3, 0.4) is 0 Å². The van der Waals surface area contributed by atoms with Gasteiger partial charge in [0.15, 0.2) is 0 Å². The summed E-state index contributed by atoms with van der Waals surface area (Å²) in [5.74, 6) is 0.180. The molecule has 2 nitrogen and oxygen atoms in total. The average molecular weight is 841 g/mol. The highest BCUT2D eigenvalue weighted by molar-refractivity contribution is 5.91. The monoisotopic (exact) mass is 840 g/mol. The molecule has 8 rings (SSSR count). The average Bonchev–Trinajstić information content (AvgIpc) is 3.58. The van der Waals surface area contributed by atoms with Crippen LogP contribution in [0.25, 0.3) is 39.0 Å². The Morgan fingerprint density at radius 2 is 1.08 bits per heavy atom. The van der Waals surface area contributed by atoms with Gasteiger partial charge in [-0.2, -0.15) is 0 Å². The third-order valence-electron chi connectivity index (χ3n) is 12.4. The highest BCUT2D eigenvalue weighted by Crippen LogP contribution is 2.50. The largest absolute Gasteiger partial charge is 0.311 e. The first kappa shape index (κ1) is 43.7. The molecule has 318 valence electrons. The Labute approximate surface area is 386 Å². The van der Waals surface area contributed by atoms with E-state index in [0.717, 1.165) is 62.8 Å². The lowest BCUT2D eigenvalue weighted by molar-refractivity contribution is 0.660. The van der Waals surface area contributed by atoms with Crippen LogP contribution >= 0.6 is 0 Å². The Hall–Kier alpha value is -7.94. The molecule has 0 spiro atoms. The Balaban J connectivity index is 1.23. The normalized spacial score (nSPS) is 13.3. The van der Waals surface area contributed by atoms with Gasteiger partial charge in [-0.3, -0.25) is 0 Å². The Morgan fingerprint density at radius 1 is 0.523 bits per heavy atom. The van der Waals surface area contributed by atoms with Crippen molar-refractivity contribution in [1.29, 1.82) is 0 Å². The standard InChI is InChI=1S/C63H56N2/c1-8-22-46(10-3)24-21-29-51(12-5)64(56-41-43-59-58-30-19-20-31-61(58)63(6,7)62(59)45-56)55-40-42-57(60(44-55)47(11-4)23-9-2)50-34-38-54(39-35-50)65(52-27-17-14-18-28-52)53-36-32-49(33-37-53)48-25-15-13-16-26-48/h8-21,23-46H,1-5,22H2,6-7H3/b24-21+,47-23+,51-29+. The highest BCUT2D eigenvalue weighted by atomic mass is 15.1. The molecule has 2 heteroatoms. The molecule has 1 aliphatic rings. The molecule has 65 heavy (non-hydrogen) atoms. The van der Waals surface area contributed by atoms with Crippen molar-refractivity contribution < 1.29 is 0 Å². The molecular weight excluding hydrogens is 785 g/mol. The van der Waals surface area contributed by atoms with Gasteiger partial charge in [0.1, 0.15) is 0 Å². The number of anilines is 5. The minimum Gasteiger partial charge on any atom is -0.311 e. The molecule has 7 aromatic carbocycles. The van der Waals surface area contributed by atoms with Crippen molar-refractivity contribution in [2.24, 2.45) is 5.92 Å². The lowest BCUT2D eigenvalue weighted by atomic mass is 9.82.